The molecule has 1 N–H and O–H groups in total. The lowest BCUT2D eigenvalue weighted by molar-refractivity contribution is -0.113. The third-order valence-electron chi connectivity index (χ3n) is 3.38. The number of rotatable bonds is 8. The number of thioether (sulfide) groups is 1. The van der Waals surface area contributed by atoms with Crippen LogP contribution >= 0.6 is 23.5 Å². The van der Waals surface area contributed by atoms with Crippen molar-refractivity contribution in [3.05, 3.63) is 67.0 Å². The zero-order valence-corrected chi connectivity index (χ0v) is 16.4. The minimum absolute atomic E-state index is 0.0922. The quantitative estimate of drug-likeness (QED) is 0.553. The van der Waals surface area contributed by atoms with Gasteiger partial charge in [0.2, 0.25) is 5.91 Å². The highest BCUT2D eigenvalue weighted by Gasteiger charge is 2.11. The summed E-state index contributed by atoms with van der Waals surface area (Å²) >= 11 is 2.91. The molecule has 1 amide bonds. The SMILES string of the molecule is CCOc1ccc(NC(=O)CSc2nccnc2Sc2ccccc2)cc1. The van der Waals surface area contributed by atoms with E-state index < -0.39 is 0 Å². The second-order valence-electron chi connectivity index (χ2n) is 5.38. The predicted octanol–water partition coefficient (Wildman–Crippen LogP) is 4.76. The number of hydrogen-bond donors (Lipinski definition) is 1. The molecule has 0 aliphatic carbocycles. The number of amides is 1. The lowest BCUT2D eigenvalue weighted by Gasteiger charge is -2.08. The molecule has 0 aliphatic heterocycles. The molecule has 0 spiro atoms. The molecule has 138 valence electrons. The van der Waals surface area contributed by atoms with Crippen molar-refractivity contribution >= 4 is 35.1 Å². The number of benzene rings is 2. The predicted molar refractivity (Wildman–Crippen MR) is 110 cm³/mol. The molecular weight excluding hydrogens is 378 g/mol. The first kappa shape index (κ1) is 19.3. The number of carbonyl (C=O) groups is 1. The van der Waals surface area contributed by atoms with Crippen LogP contribution in [0.25, 0.3) is 0 Å². The smallest absolute Gasteiger partial charge is 0.234 e. The maximum Gasteiger partial charge on any atom is 0.234 e. The fourth-order valence-corrected chi connectivity index (χ4v) is 3.94. The summed E-state index contributed by atoms with van der Waals surface area (Å²) in [6.45, 7) is 2.55. The zero-order valence-electron chi connectivity index (χ0n) is 14.8. The van der Waals surface area contributed by atoms with E-state index in [4.69, 9.17) is 4.74 Å². The first-order valence-corrected chi connectivity index (χ1v) is 10.2. The molecule has 3 aromatic rings. The average Bonchev–Trinajstić information content (AvgIpc) is 2.70. The maximum absolute atomic E-state index is 12.2. The van der Waals surface area contributed by atoms with Crippen LogP contribution in [0.5, 0.6) is 5.75 Å². The van der Waals surface area contributed by atoms with Crippen LogP contribution in [0.3, 0.4) is 0 Å². The van der Waals surface area contributed by atoms with Gasteiger partial charge in [0, 0.05) is 23.0 Å². The summed E-state index contributed by atoms with van der Waals surface area (Å²) in [7, 11) is 0. The Balaban J connectivity index is 1.57. The average molecular weight is 398 g/mol. The molecule has 0 bridgehead atoms. The summed E-state index contributed by atoms with van der Waals surface area (Å²) in [5.74, 6) is 0.950. The van der Waals surface area contributed by atoms with Crippen LogP contribution in [0.2, 0.25) is 0 Å². The number of nitrogens with one attached hydrogen (secondary N) is 1. The van der Waals surface area contributed by atoms with Crippen molar-refractivity contribution in [1.82, 2.24) is 9.97 Å². The molecule has 27 heavy (non-hydrogen) atoms. The van der Waals surface area contributed by atoms with Gasteiger partial charge in [0.25, 0.3) is 0 Å². The fourth-order valence-electron chi connectivity index (χ4n) is 2.21. The number of nitrogens with zero attached hydrogens (tertiary/aromatic N) is 2. The van der Waals surface area contributed by atoms with Crippen molar-refractivity contribution in [3.63, 3.8) is 0 Å². The lowest BCUT2D eigenvalue weighted by Crippen LogP contribution is -2.14. The summed E-state index contributed by atoms with van der Waals surface area (Å²) in [4.78, 5) is 22.1. The van der Waals surface area contributed by atoms with Gasteiger partial charge in [0.1, 0.15) is 15.8 Å². The van der Waals surface area contributed by atoms with E-state index in [0.29, 0.717) is 6.61 Å². The van der Waals surface area contributed by atoms with Gasteiger partial charge in [0.15, 0.2) is 0 Å². The van der Waals surface area contributed by atoms with Crippen molar-refractivity contribution < 1.29 is 9.53 Å². The van der Waals surface area contributed by atoms with Gasteiger partial charge >= 0.3 is 0 Å². The minimum atomic E-state index is -0.0922. The van der Waals surface area contributed by atoms with Crippen molar-refractivity contribution in [1.29, 1.82) is 0 Å². The van der Waals surface area contributed by atoms with E-state index in [9.17, 15) is 4.79 Å². The van der Waals surface area contributed by atoms with E-state index in [1.54, 1.807) is 12.4 Å². The van der Waals surface area contributed by atoms with Crippen molar-refractivity contribution in [2.24, 2.45) is 0 Å². The summed E-state index contributed by atoms with van der Waals surface area (Å²) in [5, 5.41) is 4.42. The van der Waals surface area contributed by atoms with E-state index >= 15 is 0 Å². The van der Waals surface area contributed by atoms with Crippen LogP contribution < -0.4 is 10.1 Å². The Kier molecular flexibility index (Phi) is 7.12. The molecule has 0 atom stereocenters. The summed E-state index contributed by atoms with van der Waals surface area (Å²) in [6.07, 6.45) is 3.30. The molecule has 0 radical (unpaired) electrons. The Morgan fingerprint density at radius 1 is 1.00 bits per heavy atom. The molecule has 0 unspecified atom stereocenters. The molecule has 0 aliphatic rings. The Labute approximate surface area is 167 Å². The molecule has 0 saturated carbocycles. The van der Waals surface area contributed by atoms with E-state index in [2.05, 4.69) is 15.3 Å². The number of aromatic nitrogens is 2. The van der Waals surface area contributed by atoms with Gasteiger partial charge in [0.05, 0.1) is 12.4 Å². The van der Waals surface area contributed by atoms with Crippen LogP contribution in [0.15, 0.2) is 81.9 Å². The van der Waals surface area contributed by atoms with Crippen LogP contribution in [0, 0.1) is 0 Å². The normalized spacial score (nSPS) is 10.4. The first-order chi connectivity index (χ1) is 13.2. The summed E-state index contributed by atoms with van der Waals surface area (Å²) in [6, 6.07) is 17.3. The van der Waals surface area contributed by atoms with Crippen LogP contribution in [-0.2, 0) is 4.79 Å². The minimum Gasteiger partial charge on any atom is -0.494 e. The summed E-state index contributed by atoms with van der Waals surface area (Å²) in [5.41, 5.74) is 0.738. The second-order valence-corrected chi connectivity index (χ2v) is 7.40. The maximum atomic E-state index is 12.2. The zero-order chi connectivity index (χ0) is 18.9. The Hall–Kier alpha value is -2.51. The van der Waals surface area contributed by atoms with Crippen LogP contribution in [0.1, 0.15) is 6.92 Å². The van der Waals surface area contributed by atoms with Crippen molar-refractivity contribution in [2.45, 2.75) is 21.9 Å². The molecule has 0 fully saturated rings. The van der Waals surface area contributed by atoms with Gasteiger partial charge in [-0.1, -0.05) is 41.7 Å². The number of ether oxygens (including phenoxy) is 1. The van der Waals surface area contributed by atoms with Gasteiger partial charge in [-0.2, -0.15) is 0 Å². The van der Waals surface area contributed by atoms with E-state index in [1.807, 2.05) is 61.5 Å². The largest absolute Gasteiger partial charge is 0.494 e. The van der Waals surface area contributed by atoms with Crippen LogP contribution in [-0.4, -0.2) is 28.2 Å². The standard InChI is InChI=1S/C20H19N3O2S2/c1-2-25-16-10-8-15(9-11-16)23-18(24)14-26-19-20(22-13-12-21-19)27-17-6-4-3-5-7-17/h3-13H,2,14H2,1H3,(H,23,24). The highest BCUT2D eigenvalue weighted by atomic mass is 32.2. The third-order valence-corrected chi connectivity index (χ3v) is 5.49. The van der Waals surface area contributed by atoms with Crippen molar-refractivity contribution in [3.8, 4) is 5.75 Å². The van der Waals surface area contributed by atoms with E-state index in [-0.39, 0.29) is 11.7 Å². The second kappa shape index (κ2) is 9.99. The van der Waals surface area contributed by atoms with Crippen molar-refractivity contribution in [2.75, 3.05) is 17.7 Å². The topological polar surface area (TPSA) is 64.1 Å². The molecule has 5 nitrogen and oxygen atoms in total. The molecule has 7 heteroatoms. The van der Waals surface area contributed by atoms with Gasteiger partial charge in [-0.25, -0.2) is 9.97 Å². The van der Waals surface area contributed by atoms with Gasteiger partial charge in [-0.15, -0.1) is 0 Å². The highest BCUT2D eigenvalue weighted by Crippen LogP contribution is 2.32. The molecular formula is C20H19N3O2S2. The number of hydrogen-bond acceptors (Lipinski definition) is 6. The summed E-state index contributed by atoms with van der Waals surface area (Å²) < 4.78 is 5.40. The Bertz CT molecular complexity index is 874. The van der Waals surface area contributed by atoms with Gasteiger partial charge in [-0.3, -0.25) is 4.79 Å². The number of anilines is 1. The molecule has 0 saturated heterocycles. The lowest BCUT2D eigenvalue weighted by atomic mass is 10.3. The molecule has 1 aromatic heterocycles. The van der Waals surface area contributed by atoms with Gasteiger partial charge in [-0.05, 0) is 43.3 Å². The molecule has 3 rings (SSSR count). The number of carbonyl (C=O) groups excluding carboxylic acids is 1. The molecule has 2 aromatic carbocycles. The van der Waals surface area contributed by atoms with E-state index in [0.717, 1.165) is 26.4 Å². The highest BCUT2D eigenvalue weighted by molar-refractivity contribution is 8.02. The first-order valence-electron chi connectivity index (χ1n) is 8.44. The Morgan fingerprint density at radius 3 is 2.41 bits per heavy atom. The monoisotopic (exact) mass is 397 g/mol. The Morgan fingerprint density at radius 2 is 1.70 bits per heavy atom. The van der Waals surface area contributed by atoms with E-state index in [1.165, 1.54) is 23.5 Å². The third kappa shape index (κ3) is 6.01. The van der Waals surface area contributed by atoms with Gasteiger partial charge < -0.3 is 10.1 Å². The molecule has 1 heterocycles. The van der Waals surface area contributed by atoms with Crippen LogP contribution in [0.4, 0.5) is 5.69 Å². The fraction of sp³-hybridized carbons (Fsp3) is 0.150.